The topological polar surface area (TPSA) is 99.2 Å². The predicted octanol–water partition coefficient (Wildman–Crippen LogP) is 2.43. The minimum atomic E-state index is -0.549. The Labute approximate surface area is 117 Å². The Balaban J connectivity index is 2.14. The normalized spacial score (nSPS) is 21.4. The smallest absolute Gasteiger partial charge is 0.287 e. The fourth-order valence-corrected chi connectivity index (χ4v) is 2.83. The van der Waals surface area contributed by atoms with Crippen molar-refractivity contribution < 1.29 is 10.0 Å². The number of nitro groups is 1. The summed E-state index contributed by atoms with van der Waals surface area (Å²) >= 11 is 0. The van der Waals surface area contributed by atoms with Gasteiger partial charge in [0.25, 0.3) is 5.69 Å². The Morgan fingerprint density at radius 3 is 2.95 bits per heavy atom. The third kappa shape index (κ3) is 3.06. The van der Waals surface area contributed by atoms with Crippen LogP contribution < -0.4 is 5.32 Å². The summed E-state index contributed by atoms with van der Waals surface area (Å²) in [6, 6.07) is 6.63. The number of nitrogens with zero attached hydrogens (tertiary/aromatic N) is 2. The second-order valence-electron chi connectivity index (χ2n) is 5.05. The second-order valence-corrected chi connectivity index (χ2v) is 5.05. The van der Waals surface area contributed by atoms with Crippen LogP contribution in [0.2, 0.25) is 0 Å². The van der Waals surface area contributed by atoms with Crippen molar-refractivity contribution in [3.05, 3.63) is 33.9 Å². The number of nitrogens with one attached hydrogen (secondary N) is 1. The summed E-state index contributed by atoms with van der Waals surface area (Å²) in [6.07, 6.45) is 3.97. The molecular weight excluding hydrogens is 258 g/mol. The molecule has 1 fully saturated rings. The zero-order valence-corrected chi connectivity index (χ0v) is 11.1. The summed E-state index contributed by atoms with van der Waals surface area (Å²) in [5.74, 6) is 0.417. The lowest BCUT2D eigenvalue weighted by molar-refractivity contribution is -0.385. The Morgan fingerprint density at radius 2 is 2.30 bits per heavy atom. The molecule has 1 aliphatic carbocycles. The van der Waals surface area contributed by atoms with Crippen LogP contribution in [0.25, 0.3) is 0 Å². The van der Waals surface area contributed by atoms with Gasteiger partial charge in [-0.25, -0.2) is 0 Å². The van der Waals surface area contributed by atoms with Gasteiger partial charge in [0.2, 0.25) is 0 Å². The average Bonchev–Trinajstić information content (AvgIpc) is 2.86. The van der Waals surface area contributed by atoms with Crippen LogP contribution in [0.3, 0.4) is 0 Å². The molecule has 2 N–H and O–H groups in total. The molecule has 2 rings (SSSR count). The Bertz CT molecular complexity index is 539. The molecule has 0 bridgehead atoms. The van der Waals surface area contributed by atoms with Crippen molar-refractivity contribution in [2.24, 2.45) is 5.92 Å². The van der Waals surface area contributed by atoms with Crippen LogP contribution in [0.5, 0.6) is 0 Å². The molecule has 6 heteroatoms. The fraction of sp³-hybridized carbons (Fsp3) is 0.500. The number of rotatable bonds is 5. The summed E-state index contributed by atoms with van der Waals surface area (Å²) in [7, 11) is 0. The minimum Gasteiger partial charge on any atom is -0.396 e. The molecular formula is C14H17N3O3. The van der Waals surface area contributed by atoms with E-state index >= 15 is 0 Å². The van der Waals surface area contributed by atoms with E-state index in [0.29, 0.717) is 5.92 Å². The van der Waals surface area contributed by atoms with E-state index in [4.69, 9.17) is 10.4 Å². The van der Waals surface area contributed by atoms with Crippen molar-refractivity contribution >= 4 is 11.4 Å². The van der Waals surface area contributed by atoms with Crippen LogP contribution in [0, 0.1) is 27.4 Å². The highest BCUT2D eigenvalue weighted by molar-refractivity contribution is 5.59. The van der Waals surface area contributed by atoms with Crippen molar-refractivity contribution in [3.8, 4) is 6.07 Å². The lowest BCUT2D eigenvalue weighted by Gasteiger charge is -2.21. The molecule has 0 radical (unpaired) electrons. The molecule has 1 saturated carbocycles. The van der Waals surface area contributed by atoms with Gasteiger partial charge in [-0.2, -0.15) is 5.26 Å². The molecule has 0 aliphatic heterocycles. The van der Waals surface area contributed by atoms with Crippen LogP contribution in [0.1, 0.15) is 31.2 Å². The van der Waals surface area contributed by atoms with Gasteiger partial charge in [0.1, 0.15) is 11.6 Å². The number of aliphatic hydroxyl groups excluding tert-OH is 1. The van der Waals surface area contributed by atoms with E-state index < -0.39 is 4.92 Å². The van der Waals surface area contributed by atoms with Crippen molar-refractivity contribution in [1.82, 2.24) is 0 Å². The summed E-state index contributed by atoms with van der Waals surface area (Å²) < 4.78 is 0. The maximum absolute atomic E-state index is 10.8. The first-order valence-electron chi connectivity index (χ1n) is 6.71. The lowest BCUT2D eigenvalue weighted by atomic mass is 9.99. The van der Waals surface area contributed by atoms with Crippen LogP contribution in [0.4, 0.5) is 11.4 Å². The monoisotopic (exact) mass is 275 g/mol. The maximum atomic E-state index is 10.8. The molecule has 6 nitrogen and oxygen atoms in total. The first-order valence-corrected chi connectivity index (χ1v) is 6.71. The fourth-order valence-electron chi connectivity index (χ4n) is 2.83. The molecule has 106 valence electrons. The molecule has 1 aliphatic rings. The summed E-state index contributed by atoms with van der Waals surface area (Å²) in [4.78, 5) is 10.2. The quantitative estimate of drug-likeness (QED) is 0.635. The van der Waals surface area contributed by atoms with Gasteiger partial charge in [-0.3, -0.25) is 10.1 Å². The number of hydrogen-bond donors (Lipinski definition) is 2. The Kier molecular flexibility index (Phi) is 4.53. The van der Waals surface area contributed by atoms with E-state index in [0.717, 1.165) is 31.4 Å². The molecule has 0 spiro atoms. The van der Waals surface area contributed by atoms with Gasteiger partial charge in [-0.15, -0.1) is 0 Å². The molecule has 0 saturated heterocycles. The van der Waals surface area contributed by atoms with Gasteiger partial charge in [-0.05, 0) is 37.3 Å². The first-order chi connectivity index (χ1) is 9.65. The summed E-state index contributed by atoms with van der Waals surface area (Å²) in [5, 5.41) is 32.1. The van der Waals surface area contributed by atoms with Crippen LogP contribution in [-0.2, 0) is 0 Å². The third-order valence-corrected chi connectivity index (χ3v) is 3.82. The molecule has 0 aromatic heterocycles. The Hall–Kier alpha value is -2.13. The van der Waals surface area contributed by atoms with Crippen LogP contribution in [-0.4, -0.2) is 22.7 Å². The maximum Gasteiger partial charge on any atom is 0.287 e. The van der Waals surface area contributed by atoms with Crippen molar-refractivity contribution in [2.45, 2.75) is 31.7 Å². The number of nitriles is 1. The minimum absolute atomic E-state index is 0.0664. The van der Waals surface area contributed by atoms with Gasteiger partial charge >= 0.3 is 0 Å². The zero-order valence-electron chi connectivity index (χ0n) is 11.1. The lowest BCUT2D eigenvalue weighted by Crippen LogP contribution is -2.24. The number of nitro benzene ring substituents is 1. The van der Waals surface area contributed by atoms with Crippen molar-refractivity contribution in [3.63, 3.8) is 0 Å². The second kappa shape index (κ2) is 6.35. The van der Waals surface area contributed by atoms with Gasteiger partial charge in [0.15, 0.2) is 0 Å². The summed E-state index contributed by atoms with van der Waals surface area (Å²) in [6.45, 7) is 0.173. The van der Waals surface area contributed by atoms with E-state index in [-0.39, 0.29) is 23.9 Å². The first kappa shape index (κ1) is 14.3. The highest BCUT2D eigenvalue weighted by Crippen LogP contribution is 2.31. The van der Waals surface area contributed by atoms with Gasteiger partial charge < -0.3 is 10.4 Å². The van der Waals surface area contributed by atoms with Gasteiger partial charge in [0, 0.05) is 24.4 Å². The molecule has 2 unspecified atom stereocenters. The molecule has 0 amide bonds. The van der Waals surface area contributed by atoms with E-state index in [9.17, 15) is 10.1 Å². The highest BCUT2D eigenvalue weighted by Gasteiger charge is 2.27. The molecule has 1 aromatic carbocycles. The summed E-state index contributed by atoms with van der Waals surface area (Å²) in [5.41, 5.74) is 0.620. The van der Waals surface area contributed by atoms with Crippen molar-refractivity contribution in [1.29, 1.82) is 5.26 Å². The molecule has 2 atom stereocenters. The van der Waals surface area contributed by atoms with E-state index in [2.05, 4.69) is 5.32 Å². The third-order valence-electron chi connectivity index (χ3n) is 3.82. The molecule has 20 heavy (non-hydrogen) atoms. The van der Waals surface area contributed by atoms with Gasteiger partial charge in [-0.1, -0.05) is 6.42 Å². The van der Waals surface area contributed by atoms with Crippen LogP contribution in [0.15, 0.2) is 18.2 Å². The molecule has 0 heterocycles. The van der Waals surface area contributed by atoms with Crippen molar-refractivity contribution in [2.75, 3.05) is 11.9 Å². The van der Waals surface area contributed by atoms with E-state index in [1.807, 2.05) is 6.07 Å². The standard InChI is InChI=1S/C14H17N3O3/c15-9-11-8-12(4-5-14(11)17(19)20)16-13-3-1-2-10(13)6-7-18/h4-5,8,10,13,16,18H,1-3,6-7H2. The number of aliphatic hydroxyl groups is 1. The largest absolute Gasteiger partial charge is 0.396 e. The Morgan fingerprint density at radius 1 is 1.50 bits per heavy atom. The molecule has 1 aromatic rings. The predicted molar refractivity (Wildman–Crippen MR) is 74.3 cm³/mol. The van der Waals surface area contributed by atoms with Crippen LogP contribution >= 0.6 is 0 Å². The van der Waals surface area contributed by atoms with Gasteiger partial charge in [0.05, 0.1) is 4.92 Å². The van der Waals surface area contributed by atoms with E-state index in [1.165, 1.54) is 12.1 Å². The SMILES string of the molecule is N#Cc1cc(NC2CCCC2CCO)ccc1[N+](=O)[O-]. The average molecular weight is 275 g/mol. The highest BCUT2D eigenvalue weighted by atomic mass is 16.6. The number of benzene rings is 1. The number of anilines is 1. The zero-order chi connectivity index (χ0) is 14.5. The number of hydrogen-bond acceptors (Lipinski definition) is 5. The van der Waals surface area contributed by atoms with E-state index in [1.54, 1.807) is 6.07 Å².